The summed E-state index contributed by atoms with van der Waals surface area (Å²) >= 11 is 0. The lowest BCUT2D eigenvalue weighted by Crippen LogP contribution is -2.19. The summed E-state index contributed by atoms with van der Waals surface area (Å²) in [6.07, 6.45) is 3.00. The number of anilines is 3. The third-order valence-electron chi connectivity index (χ3n) is 4.50. The van der Waals surface area contributed by atoms with Crippen LogP contribution in [0.4, 0.5) is 22.2 Å². The van der Waals surface area contributed by atoms with Crippen molar-refractivity contribution >= 4 is 40.4 Å². The van der Waals surface area contributed by atoms with E-state index in [-0.39, 0.29) is 11.7 Å². The Labute approximate surface area is 199 Å². The highest BCUT2D eigenvalue weighted by Crippen LogP contribution is 2.26. The van der Waals surface area contributed by atoms with Crippen molar-refractivity contribution in [1.29, 1.82) is 0 Å². The molecule has 4 N–H and O–H groups in total. The molecule has 11 heteroatoms. The molecule has 0 saturated heterocycles. The number of allylic oxidation sites excluding steroid dienone is 1. The van der Waals surface area contributed by atoms with Crippen LogP contribution in [0.25, 0.3) is 11.0 Å². The van der Waals surface area contributed by atoms with Gasteiger partial charge in [-0.25, -0.2) is 9.78 Å². The monoisotopic (exact) mass is 474 g/mol. The van der Waals surface area contributed by atoms with Crippen molar-refractivity contribution in [2.45, 2.75) is 13.8 Å². The second-order valence-corrected chi connectivity index (χ2v) is 7.26. The molecule has 0 fully saturated rings. The molecule has 0 bridgehead atoms. The number of rotatable bonds is 8. The van der Waals surface area contributed by atoms with Crippen LogP contribution in [-0.2, 0) is 9.53 Å². The van der Waals surface area contributed by atoms with E-state index < -0.39 is 11.9 Å². The average molecular weight is 474 g/mol. The molecular weight excluding hydrogens is 452 g/mol. The van der Waals surface area contributed by atoms with Crippen LogP contribution in [0.5, 0.6) is 11.5 Å². The number of fused-ring (bicyclic) bond motifs is 1. The van der Waals surface area contributed by atoms with Crippen LogP contribution in [-0.4, -0.2) is 27.1 Å². The summed E-state index contributed by atoms with van der Waals surface area (Å²) in [5, 5.41) is 11.6. The minimum absolute atomic E-state index is 0.0590. The van der Waals surface area contributed by atoms with E-state index in [1.165, 1.54) is 6.26 Å². The van der Waals surface area contributed by atoms with Crippen LogP contribution in [0.2, 0.25) is 0 Å². The molecule has 2 heterocycles. The fourth-order valence-corrected chi connectivity index (χ4v) is 2.94. The molecule has 0 radical (unpaired) electrons. The minimum Gasteiger partial charge on any atom is -0.460 e. The molecule has 0 atom stereocenters. The van der Waals surface area contributed by atoms with Gasteiger partial charge in [-0.1, -0.05) is 17.8 Å². The zero-order valence-electron chi connectivity index (χ0n) is 18.9. The highest BCUT2D eigenvalue weighted by atomic mass is 16.5. The van der Waals surface area contributed by atoms with Gasteiger partial charge in [-0.15, -0.1) is 0 Å². The van der Waals surface area contributed by atoms with Gasteiger partial charge in [0.05, 0.1) is 17.3 Å². The lowest BCUT2D eigenvalue weighted by molar-refractivity contribution is -0.115. The van der Waals surface area contributed by atoms with Gasteiger partial charge in [0, 0.05) is 17.8 Å². The molecule has 4 rings (SSSR count). The SMILES string of the molecule is C=C(O/C=C\C)C(=O)Nc1nc2ccc(Oc3ccc(NC(=O)Nc4cc(C)on4)cc3)cc2[nH]1. The lowest BCUT2D eigenvalue weighted by atomic mass is 10.3. The molecule has 0 spiro atoms. The maximum atomic E-state index is 12.1. The number of benzene rings is 2. The number of imidazole rings is 1. The quantitative estimate of drug-likeness (QED) is 0.200. The fourth-order valence-electron chi connectivity index (χ4n) is 2.94. The van der Waals surface area contributed by atoms with Gasteiger partial charge in [0.25, 0.3) is 5.91 Å². The Morgan fingerprint density at radius 2 is 1.83 bits per heavy atom. The van der Waals surface area contributed by atoms with Crippen LogP contribution in [0.15, 0.2) is 77.7 Å². The minimum atomic E-state index is -0.517. The Bertz CT molecular complexity index is 1400. The van der Waals surface area contributed by atoms with E-state index in [9.17, 15) is 9.59 Å². The summed E-state index contributed by atoms with van der Waals surface area (Å²) in [5.41, 5.74) is 1.87. The van der Waals surface area contributed by atoms with E-state index in [4.69, 9.17) is 14.0 Å². The highest BCUT2D eigenvalue weighted by molar-refractivity contribution is 6.01. The average Bonchev–Trinajstić information content (AvgIpc) is 3.43. The van der Waals surface area contributed by atoms with Crippen molar-refractivity contribution in [3.63, 3.8) is 0 Å². The van der Waals surface area contributed by atoms with Crippen molar-refractivity contribution in [1.82, 2.24) is 15.1 Å². The van der Waals surface area contributed by atoms with Crippen molar-refractivity contribution in [2.75, 3.05) is 16.0 Å². The normalized spacial score (nSPS) is 10.8. The third-order valence-corrected chi connectivity index (χ3v) is 4.50. The lowest BCUT2D eigenvalue weighted by Gasteiger charge is -2.08. The Hall–Kier alpha value is -5.06. The molecule has 35 heavy (non-hydrogen) atoms. The van der Waals surface area contributed by atoms with Gasteiger partial charge in [-0.05, 0) is 50.2 Å². The first-order valence-electron chi connectivity index (χ1n) is 10.5. The summed E-state index contributed by atoms with van der Waals surface area (Å²) < 4.78 is 15.9. The number of carbonyl (C=O) groups excluding carboxylic acids is 2. The molecule has 178 valence electrons. The van der Waals surface area contributed by atoms with Crippen molar-refractivity contribution in [3.8, 4) is 11.5 Å². The number of ether oxygens (including phenoxy) is 2. The number of H-pyrrole nitrogens is 1. The molecule has 0 saturated carbocycles. The number of hydrogen-bond acceptors (Lipinski definition) is 7. The van der Waals surface area contributed by atoms with Crippen LogP contribution in [0, 0.1) is 6.92 Å². The first-order chi connectivity index (χ1) is 16.9. The summed E-state index contributed by atoms with van der Waals surface area (Å²) in [4.78, 5) is 31.5. The first kappa shape index (κ1) is 23.1. The number of amides is 3. The van der Waals surface area contributed by atoms with Crippen molar-refractivity contribution < 1.29 is 23.6 Å². The number of aryl methyl sites for hydroxylation is 1. The second-order valence-electron chi connectivity index (χ2n) is 7.26. The van der Waals surface area contributed by atoms with Crippen LogP contribution >= 0.6 is 0 Å². The number of aromatic nitrogens is 3. The summed E-state index contributed by atoms with van der Waals surface area (Å²) in [6.45, 7) is 7.06. The van der Waals surface area contributed by atoms with E-state index >= 15 is 0 Å². The molecule has 2 aromatic heterocycles. The van der Waals surface area contributed by atoms with Gasteiger partial charge >= 0.3 is 6.03 Å². The molecular formula is C24H22N6O5. The van der Waals surface area contributed by atoms with Gasteiger partial charge in [-0.3, -0.25) is 15.4 Å². The van der Waals surface area contributed by atoms with E-state index in [1.807, 2.05) is 0 Å². The summed E-state index contributed by atoms with van der Waals surface area (Å²) in [7, 11) is 0. The molecule has 0 aliphatic carbocycles. The molecule has 2 aromatic carbocycles. The first-order valence-corrected chi connectivity index (χ1v) is 10.5. The van der Waals surface area contributed by atoms with E-state index in [1.54, 1.807) is 68.5 Å². The summed E-state index contributed by atoms with van der Waals surface area (Å²) in [6, 6.07) is 13.3. The molecule has 4 aromatic rings. The second kappa shape index (κ2) is 10.3. The zero-order chi connectivity index (χ0) is 24.8. The number of carbonyl (C=O) groups is 2. The maximum Gasteiger partial charge on any atom is 0.324 e. The Morgan fingerprint density at radius 1 is 1.06 bits per heavy atom. The van der Waals surface area contributed by atoms with Gasteiger partial charge < -0.3 is 24.3 Å². The number of hydrogen-bond donors (Lipinski definition) is 4. The van der Waals surface area contributed by atoms with Crippen LogP contribution in [0.3, 0.4) is 0 Å². The van der Waals surface area contributed by atoms with Crippen molar-refractivity contribution in [2.24, 2.45) is 0 Å². The van der Waals surface area contributed by atoms with E-state index in [0.29, 0.717) is 39.8 Å². The Balaban J connectivity index is 1.36. The number of urea groups is 1. The standard InChI is InChI=1S/C24H22N6O5/c1-4-11-33-15(3)22(31)29-23-26-19-10-9-18(13-20(19)27-23)34-17-7-5-16(6-8-17)25-24(32)28-21-12-14(2)35-30-21/h4-13H,3H2,1-2H3,(H2,25,28,30,32)(H2,26,27,29,31)/b11-4-. The third kappa shape index (κ3) is 6.05. The van der Waals surface area contributed by atoms with Gasteiger partial charge in [0.2, 0.25) is 5.95 Å². The Morgan fingerprint density at radius 3 is 2.54 bits per heavy atom. The largest absolute Gasteiger partial charge is 0.460 e. The summed E-state index contributed by atoms with van der Waals surface area (Å²) in [5.74, 6) is 1.71. The smallest absolute Gasteiger partial charge is 0.324 e. The number of nitrogens with one attached hydrogen (secondary N) is 4. The molecule has 3 amide bonds. The predicted molar refractivity (Wildman–Crippen MR) is 130 cm³/mol. The Kier molecular flexibility index (Phi) is 6.77. The van der Waals surface area contributed by atoms with Gasteiger partial charge in [0.1, 0.15) is 17.3 Å². The molecule has 0 aliphatic rings. The zero-order valence-corrected chi connectivity index (χ0v) is 18.9. The number of nitrogens with zero attached hydrogens (tertiary/aromatic N) is 2. The van der Waals surface area contributed by atoms with E-state index in [0.717, 1.165) is 0 Å². The molecule has 0 unspecified atom stereocenters. The highest BCUT2D eigenvalue weighted by Gasteiger charge is 2.12. The van der Waals surface area contributed by atoms with Crippen molar-refractivity contribution in [3.05, 3.63) is 79.0 Å². The van der Waals surface area contributed by atoms with Gasteiger partial charge in [0.15, 0.2) is 11.6 Å². The van der Waals surface area contributed by atoms with Crippen LogP contribution in [0.1, 0.15) is 12.7 Å². The van der Waals surface area contributed by atoms with Gasteiger partial charge in [-0.2, -0.15) is 0 Å². The topological polar surface area (TPSA) is 143 Å². The predicted octanol–water partition coefficient (Wildman–Crippen LogP) is 5.30. The maximum absolute atomic E-state index is 12.1. The van der Waals surface area contributed by atoms with Crippen LogP contribution < -0.4 is 20.7 Å². The molecule has 11 nitrogen and oxygen atoms in total. The number of aromatic amines is 1. The molecule has 0 aliphatic heterocycles. The fraction of sp³-hybridized carbons (Fsp3) is 0.0833. The van der Waals surface area contributed by atoms with E-state index in [2.05, 4.69) is 37.7 Å².